The summed E-state index contributed by atoms with van der Waals surface area (Å²) in [5, 5.41) is 6.93. The third kappa shape index (κ3) is 4.26. The summed E-state index contributed by atoms with van der Waals surface area (Å²) in [4.78, 5) is 6.85. The van der Waals surface area contributed by atoms with E-state index in [9.17, 15) is 0 Å². The summed E-state index contributed by atoms with van der Waals surface area (Å²) in [5.41, 5.74) is 0. The number of rotatable bonds is 4. The molecule has 0 aromatic carbocycles. The van der Waals surface area contributed by atoms with Crippen molar-refractivity contribution in [2.75, 3.05) is 26.7 Å². The van der Waals surface area contributed by atoms with Crippen molar-refractivity contribution in [2.24, 2.45) is 10.9 Å². The van der Waals surface area contributed by atoms with E-state index in [1.165, 1.54) is 25.8 Å². The first-order chi connectivity index (χ1) is 8.24. The third-order valence-corrected chi connectivity index (χ3v) is 4.07. The standard InChI is InChI=1S/C13H26N4.HI/c1-4-17-7-5-6-11(17)9-15-13(14-3)16-12-8-10(12)2;/h10-12H,4-9H2,1-3H3,(H2,14,15,16);1H. The molecule has 2 rings (SSSR count). The van der Waals surface area contributed by atoms with E-state index in [2.05, 4.69) is 34.4 Å². The zero-order valence-electron chi connectivity index (χ0n) is 11.8. The Hall–Kier alpha value is -0.0400. The van der Waals surface area contributed by atoms with Gasteiger partial charge in [0.1, 0.15) is 0 Å². The van der Waals surface area contributed by atoms with Crippen LogP contribution >= 0.6 is 24.0 Å². The zero-order chi connectivity index (χ0) is 12.3. The highest BCUT2D eigenvalue weighted by Crippen LogP contribution is 2.28. The Kier molecular flexibility index (Phi) is 6.70. The number of halogens is 1. The van der Waals surface area contributed by atoms with E-state index in [4.69, 9.17) is 0 Å². The Balaban J connectivity index is 0.00000162. The predicted molar refractivity (Wildman–Crippen MR) is 87.8 cm³/mol. The highest BCUT2D eigenvalue weighted by molar-refractivity contribution is 14.0. The Morgan fingerprint density at radius 3 is 2.72 bits per heavy atom. The second-order valence-corrected chi connectivity index (χ2v) is 5.34. The van der Waals surface area contributed by atoms with Crippen molar-refractivity contribution in [3.63, 3.8) is 0 Å². The summed E-state index contributed by atoms with van der Waals surface area (Å²) in [7, 11) is 1.86. The summed E-state index contributed by atoms with van der Waals surface area (Å²) in [6.45, 7) is 7.97. The van der Waals surface area contributed by atoms with Crippen molar-refractivity contribution < 1.29 is 0 Å². The van der Waals surface area contributed by atoms with Gasteiger partial charge in [-0.15, -0.1) is 24.0 Å². The number of aliphatic imine (C=N–C) groups is 1. The van der Waals surface area contributed by atoms with Gasteiger partial charge in [-0.1, -0.05) is 13.8 Å². The minimum atomic E-state index is 0. The van der Waals surface area contributed by atoms with Crippen LogP contribution in [0.1, 0.15) is 33.1 Å². The molecular weight excluding hydrogens is 339 g/mol. The van der Waals surface area contributed by atoms with E-state index in [-0.39, 0.29) is 24.0 Å². The van der Waals surface area contributed by atoms with Crippen molar-refractivity contribution in [2.45, 2.75) is 45.2 Å². The van der Waals surface area contributed by atoms with Crippen LogP contribution in [0.25, 0.3) is 0 Å². The molecule has 2 N–H and O–H groups in total. The molecule has 3 unspecified atom stereocenters. The zero-order valence-corrected chi connectivity index (χ0v) is 14.1. The lowest BCUT2D eigenvalue weighted by atomic mass is 10.2. The average molecular weight is 366 g/mol. The molecule has 1 aliphatic heterocycles. The number of nitrogens with one attached hydrogen (secondary N) is 2. The summed E-state index contributed by atoms with van der Waals surface area (Å²) in [5.74, 6) is 1.79. The maximum atomic E-state index is 4.29. The van der Waals surface area contributed by atoms with Crippen LogP contribution < -0.4 is 10.6 Å². The van der Waals surface area contributed by atoms with E-state index in [0.717, 1.165) is 25.0 Å². The van der Waals surface area contributed by atoms with Gasteiger partial charge in [-0.05, 0) is 38.3 Å². The van der Waals surface area contributed by atoms with Crippen molar-refractivity contribution in [3.05, 3.63) is 0 Å². The number of hydrogen-bond donors (Lipinski definition) is 2. The molecule has 18 heavy (non-hydrogen) atoms. The molecule has 2 aliphatic rings. The fourth-order valence-electron chi connectivity index (χ4n) is 2.65. The van der Waals surface area contributed by atoms with Crippen LogP contribution in [0.3, 0.4) is 0 Å². The molecule has 1 aliphatic carbocycles. The highest BCUT2D eigenvalue weighted by Gasteiger charge is 2.33. The van der Waals surface area contributed by atoms with E-state index in [0.29, 0.717) is 12.1 Å². The molecule has 0 aromatic heterocycles. The highest BCUT2D eigenvalue weighted by atomic mass is 127. The topological polar surface area (TPSA) is 39.7 Å². The quantitative estimate of drug-likeness (QED) is 0.452. The van der Waals surface area contributed by atoms with Gasteiger partial charge in [-0.2, -0.15) is 0 Å². The molecule has 0 radical (unpaired) electrons. The second-order valence-electron chi connectivity index (χ2n) is 5.34. The van der Waals surface area contributed by atoms with Gasteiger partial charge in [0.05, 0.1) is 0 Å². The number of likely N-dealkylation sites (tertiary alicyclic amines) is 1. The molecule has 1 saturated heterocycles. The molecule has 106 valence electrons. The molecule has 0 aromatic rings. The van der Waals surface area contributed by atoms with E-state index in [1.54, 1.807) is 0 Å². The Morgan fingerprint density at radius 2 is 2.17 bits per heavy atom. The number of likely N-dealkylation sites (N-methyl/N-ethyl adjacent to an activating group) is 1. The van der Waals surface area contributed by atoms with Gasteiger partial charge in [0.15, 0.2) is 5.96 Å². The summed E-state index contributed by atoms with van der Waals surface area (Å²) in [6.07, 6.45) is 3.94. The summed E-state index contributed by atoms with van der Waals surface area (Å²) in [6, 6.07) is 1.34. The lowest BCUT2D eigenvalue weighted by Gasteiger charge is -2.24. The molecule has 0 bridgehead atoms. The molecule has 2 fully saturated rings. The van der Waals surface area contributed by atoms with Gasteiger partial charge in [0, 0.05) is 25.7 Å². The van der Waals surface area contributed by atoms with Gasteiger partial charge in [0.2, 0.25) is 0 Å². The minimum absolute atomic E-state index is 0. The number of guanidine groups is 1. The van der Waals surface area contributed by atoms with Gasteiger partial charge < -0.3 is 10.6 Å². The number of nitrogens with zero attached hydrogens (tertiary/aromatic N) is 2. The van der Waals surface area contributed by atoms with Crippen LogP contribution in [0.4, 0.5) is 0 Å². The van der Waals surface area contributed by atoms with Crippen molar-refractivity contribution >= 4 is 29.9 Å². The lowest BCUT2D eigenvalue weighted by molar-refractivity contribution is 0.267. The van der Waals surface area contributed by atoms with Gasteiger partial charge in [0.25, 0.3) is 0 Å². The molecule has 1 heterocycles. The first-order valence-corrected chi connectivity index (χ1v) is 6.95. The van der Waals surface area contributed by atoms with Crippen molar-refractivity contribution in [3.8, 4) is 0 Å². The fourth-order valence-corrected chi connectivity index (χ4v) is 2.65. The minimum Gasteiger partial charge on any atom is -0.355 e. The fraction of sp³-hybridized carbons (Fsp3) is 0.923. The molecule has 1 saturated carbocycles. The third-order valence-electron chi connectivity index (χ3n) is 4.07. The largest absolute Gasteiger partial charge is 0.355 e. The molecule has 3 atom stereocenters. The normalized spacial score (nSPS) is 31.9. The maximum absolute atomic E-state index is 4.29. The Bertz CT molecular complexity index is 282. The van der Waals surface area contributed by atoms with Crippen LogP contribution in [-0.2, 0) is 0 Å². The maximum Gasteiger partial charge on any atom is 0.191 e. The monoisotopic (exact) mass is 366 g/mol. The first-order valence-electron chi connectivity index (χ1n) is 6.95. The summed E-state index contributed by atoms with van der Waals surface area (Å²) >= 11 is 0. The lowest BCUT2D eigenvalue weighted by Crippen LogP contribution is -2.45. The van der Waals surface area contributed by atoms with Crippen LogP contribution in [0.2, 0.25) is 0 Å². The van der Waals surface area contributed by atoms with Gasteiger partial charge in [-0.25, -0.2) is 0 Å². The number of hydrogen-bond acceptors (Lipinski definition) is 2. The second kappa shape index (κ2) is 7.53. The van der Waals surface area contributed by atoms with E-state index < -0.39 is 0 Å². The first kappa shape index (κ1) is 16.0. The molecule has 4 nitrogen and oxygen atoms in total. The molecule has 5 heteroatoms. The Labute approximate surface area is 128 Å². The molecular formula is C13H27IN4. The Morgan fingerprint density at radius 1 is 1.44 bits per heavy atom. The van der Waals surface area contributed by atoms with E-state index >= 15 is 0 Å². The molecule has 0 spiro atoms. The van der Waals surface area contributed by atoms with Crippen LogP contribution in [0, 0.1) is 5.92 Å². The van der Waals surface area contributed by atoms with Crippen LogP contribution in [-0.4, -0.2) is 49.6 Å². The SMILES string of the molecule is CCN1CCCC1CNC(=NC)NC1CC1C.I. The van der Waals surface area contributed by atoms with Crippen molar-refractivity contribution in [1.29, 1.82) is 0 Å². The van der Waals surface area contributed by atoms with Gasteiger partial charge in [-0.3, -0.25) is 9.89 Å². The van der Waals surface area contributed by atoms with Crippen molar-refractivity contribution in [1.82, 2.24) is 15.5 Å². The molecule has 0 amide bonds. The van der Waals surface area contributed by atoms with Crippen LogP contribution in [0.15, 0.2) is 4.99 Å². The van der Waals surface area contributed by atoms with E-state index in [1.807, 2.05) is 7.05 Å². The predicted octanol–water partition coefficient (Wildman–Crippen LogP) is 1.66. The van der Waals surface area contributed by atoms with Gasteiger partial charge >= 0.3 is 0 Å². The average Bonchev–Trinajstić information content (AvgIpc) is 2.85. The summed E-state index contributed by atoms with van der Waals surface area (Å²) < 4.78 is 0. The van der Waals surface area contributed by atoms with Crippen LogP contribution in [0.5, 0.6) is 0 Å². The smallest absolute Gasteiger partial charge is 0.191 e.